The Bertz CT molecular complexity index is 51.7. The summed E-state index contributed by atoms with van der Waals surface area (Å²) >= 11 is 2.27. The van der Waals surface area contributed by atoms with Gasteiger partial charge in [0.05, 0.1) is 4.43 Å². The van der Waals surface area contributed by atoms with Crippen molar-refractivity contribution < 1.29 is 9.47 Å². The highest BCUT2D eigenvalue weighted by Gasteiger charge is 2.18. The number of alkyl halides is 1. The molecule has 0 spiro atoms. The van der Waals surface area contributed by atoms with Gasteiger partial charge < -0.3 is 9.47 Å². The summed E-state index contributed by atoms with van der Waals surface area (Å²) in [6.45, 7) is 1.72. The molecule has 1 N–H and O–H groups in total. The molecule has 1 aliphatic rings. The van der Waals surface area contributed by atoms with Crippen molar-refractivity contribution in [3.63, 3.8) is 0 Å². The van der Waals surface area contributed by atoms with Crippen molar-refractivity contribution in [1.82, 2.24) is 0 Å². The van der Waals surface area contributed by atoms with E-state index in [1.165, 1.54) is 0 Å². The minimum atomic E-state index is 0.209. The van der Waals surface area contributed by atoms with E-state index in [0.717, 1.165) is 17.6 Å². The Balaban J connectivity index is 2.14. The summed E-state index contributed by atoms with van der Waals surface area (Å²) in [5.41, 5.74) is 0. The van der Waals surface area contributed by atoms with Crippen LogP contribution in [0.4, 0.5) is 0 Å². The summed E-state index contributed by atoms with van der Waals surface area (Å²) in [4.78, 5) is 0. The Morgan fingerprint density at radius 2 is 2.71 bits per heavy atom. The van der Waals surface area contributed by atoms with Crippen molar-refractivity contribution in [2.75, 3.05) is 17.6 Å². The van der Waals surface area contributed by atoms with Gasteiger partial charge in [0.2, 0.25) is 0 Å². The number of hydrogen-bond donors (Lipinski definition) is 0. The van der Waals surface area contributed by atoms with Crippen LogP contribution in [0.15, 0.2) is 0 Å². The summed E-state index contributed by atoms with van der Waals surface area (Å²) in [5, 5.41) is 0. The van der Waals surface area contributed by atoms with Crippen LogP contribution in [0.5, 0.6) is 0 Å². The molecule has 0 bridgehead atoms. The predicted molar refractivity (Wildman–Crippen MR) is 35.7 cm³/mol. The van der Waals surface area contributed by atoms with E-state index < -0.39 is 0 Å². The van der Waals surface area contributed by atoms with Crippen molar-refractivity contribution in [1.29, 1.82) is 0 Å². The topological polar surface area (TPSA) is 22.0 Å². The maximum absolute atomic E-state index is 5.13. The van der Waals surface area contributed by atoms with Crippen molar-refractivity contribution >= 4 is 22.6 Å². The summed E-state index contributed by atoms with van der Waals surface area (Å²) in [6.07, 6.45) is 0.209. The normalized spacial score (nSPS) is 31.3. The zero-order chi connectivity index (χ0) is 5.11. The third-order valence-electron chi connectivity index (χ3n) is 0.866. The molecule has 1 fully saturated rings. The van der Waals surface area contributed by atoms with Crippen LogP contribution in [0.2, 0.25) is 0 Å². The minimum absolute atomic E-state index is 0.209. The molecule has 0 aromatic heterocycles. The fourth-order valence-corrected chi connectivity index (χ4v) is 1.06. The second-order valence-corrected chi connectivity index (χ2v) is 2.27. The zero-order valence-corrected chi connectivity index (χ0v) is 6.09. The van der Waals surface area contributed by atoms with E-state index >= 15 is 0 Å². The molecular weight excluding hydrogens is 207 g/mol. The Morgan fingerprint density at radius 1 is 1.86 bits per heavy atom. The lowest BCUT2D eigenvalue weighted by molar-refractivity contribution is -0.131. The summed E-state index contributed by atoms with van der Waals surface area (Å²) in [6, 6.07) is 0. The molecule has 1 heterocycles. The lowest BCUT2D eigenvalue weighted by atomic mass is 10.8. The number of ether oxygens (including phenoxy) is 2. The second kappa shape index (κ2) is 2.84. The van der Waals surface area contributed by atoms with Gasteiger partial charge in [-0.3, -0.25) is 0 Å². The van der Waals surface area contributed by atoms with E-state index in [2.05, 4.69) is 27.3 Å². The molecule has 0 amide bonds. The monoisotopic (exact) mass is 215 g/mol. The van der Waals surface area contributed by atoms with Crippen LogP contribution in [-0.4, -0.2) is 28.7 Å². The van der Waals surface area contributed by atoms with Gasteiger partial charge in [-0.1, -0.05) is 22.6 Å². The first-order chi connectivity index (χ1) is 3.43. The minimum Gasteiger partial charge on any atom is -0.407 e. The second-order valence-electron chi connectivity index (χ2n) is 1.39. The third-order valence-corrected chi connectivity index (χ3v) is 1.62. The first-order valence-electron chi connectivity index (χ1n) is 2.27. The van der Waals surface area contributed by atoms with Crippen LogP contribution < -0.4 is 0 Å². The fourth-order valence-electron chi connectivity index (χ4n) is 0.531. The van der Waals surface area contributed by atoms with Crippen LogP contribution in [0.25, 0.3) is 0 Å². The first kappa shape index (κ1) is 5.78. The maximum atomic E-state index is 5.13. The standard InChI is InChI=1S/C4H7IO2/c5-3-4-6-1-2-7-4/h4H,1-3H2/p+1. The Hall–Kier alpha value is 0.650. The van der Waals surface area contributed by atoms with E-state index in [0.29, 0.717) is 0 Å². The number of aliphatic hydroxyl groups is 2. The van der Waals surface area contributed by atoms with E-state index in [-0.39, 0.29) is 6.29 Å². The summed E-state index contributed by atoms with van der Waals surface area (Å²) in [7, 11) is 0. The summed E-state index contributed by atoms with van der Waals surface area (Å²) in [5.74, 6) is 0. The lowest BCUT2D eigenvalue weighted by Crippen LogP contribution is -2.11. The highest BCUT2D eigenvalue weighted by atomic mass is 127. The van der Waals surface area contributed by atoms with Crippen LogP contribution >= 0.6 is 22.6 Å². The Kier molecular flexibility index (Phi) is 2.34. The largest absolute Gasteiger partial charge is 0.407 e. The van der Waals surface area contributed by atoms with Gasteiger partial charge in [0.15, 0.2) is 6.61 Å². The average molecular weight is 215 g/mol. The van der Waals surface area contributed by atoms with E-state index in [9.17, 15) is 0 Å². The molecule has 0 saturated carbocycles. The van der Waals surface area contributed by atoms with E-state index in [1.807, 2.05) is 0 Å². The van der Waals surface area contributed by atoms with Gasteiger partial charge in [-0.25, -0.2) is 0 Å². The quantitative estimate of drug-likeness (QED) is 0.350. The molecule has 0 aromatic rings. The van der Waals surface area contributed by atoms with Crippen LogP contribution in [-0.2, 0) is 4.74 Å². The lowest BCUT2D eigenvalue weighted by Gasteiger charge is -1.95. The number of halogens is 1. The molecule has 2 nitrogen and oxygen atoms in total. The molecule has 0 aromatic carbocycles. The van der Waals surface area contributed by atoms with Gasteiger partial charge in [-0.2, -0.15) is 0 Å². The molecule has 42 valence electrons. The molecule has 1 aliphatic heterocycles. The van der Waals surface area contributed by atoms with Gasteiger partial charge in [-0.05, 0) is 0 Å². The van der Waals surface area contributed by atoms with E-state index in [1.54, 1.807) is 0 Å². The molecular formula is C4H8IO2+. The first-order valence-corrected chi connectivity index (χ1v) is 3.80. The zero-order valence-electron chi connectivity index (χ0n) is 3.93. The fraction of sp³-hybridized carbons (Fsp3) is 1.00. The highest BCUT2D eigenvalue weighted by molar-refractivity contribution is 14.1. The van der Waals surface area contributed by atoms with Gasteiger partial charge in [0, 0.05) is 0 Å². The van der Waals surface area contributed by atoms with Gasteiger partial charge in [0.1, 0.15) is 6.61 Å². The van der Waals surface area contributed by atoms with Gasteiger partial charge in [-0.15, -0.1) is 0 Å². The molecule has 3 heteroatoms. The average Bonchev–Trinajstić information content (AvgIpc) is 2.14. The van der Waals surface area contributed by atoms with Crippen molar-refractivity contribution in [2.24, 2.45) is 0 Å². The molecule has 0 radical (unpaired) electrons. The summed E-state index contributed by atoms with van der Waals surface area (Å²) < 4.78 is 10.3. The van der Waals surface area contributed by atoms with Gasteiger partial charge in [0.25, 0.3) is 6.29 Å². The molecule has 0 aliphatic carbocycles. The van der Waals surface area contributed by atoms with Crippen LogP contribution in [0, 0.1) is 0 Å². The molecule has 1 unspecified atom stereocenters. The smallest absolute Gasteiger partial charge is 0.274 e. The molecule has 1 atom stereocenters. The molecule has 1 rings (SSSR count). The van der Waals surface area contributed by atoms with Crippen molar-refractivity contribution in [3.8, 4) is 0 Å². The number of rotatable bonds is 1. The predicted octanol–water partition coefficient (Wildman–Crippen LogP) is 0.306. The molecule has 1 saturated heterocycles. The highest BCUT2D eigenvalue weighted by Crippen LogP contribution is 2.02. The van der Waals surface area contributed by atoms with Crippen LogP contribution in [0.1, 0.15) is 0 Å². The maximum Gasteiger partial charge on any atom is 0.274 e. The molecule has 7 heavy (non-hydrogen) atoms. The van der Waals surface area contributed by atoms with Crippen LogP contribution in [0.3, 0.4) is 0 Å². The third kappa shape index (κ3) is 1.54. The Morgan fingerprint density at radius 3 is 3.00 bits per heavy atom. The van der Waals surface area contributed by atoms with Gasteiger partial charge >= 0.3 is 0 Å². The Labute approximate surface area is 56.3 Å². The van der Waals surface area contributed by atoms with Crippen molar-refractivity contribution in [2.45, 2.75) is 6.29 Å². The number of hydrogen-bond acceptors (Lipinski definition) is 1. The SMILES string of the molecule is ICC1OCC[OH+]1. The van der Waals surface area contributed by atoms with Crippen molar-refractivity contribution in [3.05, 3.63) is 0 Å². The van der Waals surface area contributed by atoms with E-state index in [4.69, 9.17) is 4.74 Å².